The predicted molar refractivity (Wildman–Crippen MR) is 110 cm³/mol. The maximum absolute atomic E-state index is 11.2. The summed E-state index contributed by atoms with van der Waals surface area (Å²) in [6.07, 6.45) is 1.85. The quantitative estimate of drug-likeness (QED) is 0.580. The van der Waals surface area contributed by atoms with Crippen LogP contribution in [0.5, 0.6) is 0 Å². The summed E-state index contributed by atoms with van der Waals surface area (Å²) >= 11 is 6.17. The highest BCUT2D eigenvalue weighted by molar-refractivity contribution is 6.31. The molecule has 0 fully saturated rings. The van der Waals surface area contributed by atoms with Crippen LogP contribution in [-0.4, -0.2) is 21.9 Å². The summed E-state index contributed by atoms with van der Waals surface area (Å²) < 4.78 is 2.12. The Morgan fingerprint density at radius 2 is 1.85 bits per heavy atom. The van der Waals surface area contributed by atoms with E-state index in [1.165, 1.54) is 0 Å². The van der Waals surface area contributed by atoms with Crippen LogP contribution in [0.1, 0.15) is 38.4 Å². The molecule has 2 aromatic carbocycles. The third-order valence-corrected chi connectivity index (χ3v) is 5.15. The van der Waals surface area contributed by atoms with Crippen LogP contribution >= 0.6 is 11.6 Å². The Balaban J connectivity index is 2.02. The largest absolute Gasteiger partial charge is 0.478 e. The predicted octanol–water partition coefficient (Wildman–Crippen LogP) is 5.81. The molecule has 1 aromatic heterocycles. The number of nitrogens with zero attached hydrogens (tertiary/aromatic N) is 2. The van der Waals surface area contributed by atoms with Crippen LogP contribution in [0.2, 0.25) is 5.02 Å². The van der Waals surface area contributed by atoms with Crippen molar-refractivity contribution in [3.05, 3.63) is 81.1 Å². The van der Waals surface area contributed by atoms with Gasteiger partial charge in [0.1, 0.15) is 0 Å². The minimum atomic E-state index is -0.921. The van der Waals surface area contributed by atoms with Crippen molar-refractivity contribution in [3.63, 3.8) is 0 Å². The number of hydrogen-bond donors (Lipinski definition) is 1. The number of carboxylic acid groups (broad SMARTS) is 1. The summed E-state index contributed by atoms with van der Waals surface area (Å²) in [6.45, 7) is 7.93. The molecule has 138 valence electrons. The molecule has 3 aromatic rings. The molecule has 0 saturated heterocycles. The van der Waals surface area contributed by atoms with Gasteiger partial charge in [-0.25, -0.2) is 4.79 Å². The van der Waals surface area contributed by atoms with Gasteiger partial charge in [-0.15, -0.1) is 0 Å². The molecular formula is C22H21ClN2O2. The van der Waals surface area contributed by atoms with Crippen LogP contribution in [-0.2, 0) is 0 Å². The first-order valence-corrected chi connectivity index (χ1v) is 9.00. The van der Waals surface area contributed by atoms with E-state index in [1.54, 1.807) is 12.1 Å². The Bertz CT molecular complexity index is 1060. The van der Waals surface area contributed by atoms with Crippen molar-refractivity contribution >= 4 is 29.5 Å². The third kappa shape index (κ3) is 3.67. The molecule has 1 heterocycles. The fourth-order valence-corrected chi connectivity index (χ4v) is 3.37. The molecule has 0 aliphatic heterocycles. The summed E-state index contributed by atoms with van der Waals surface area (Å²) in [6, 6.07) is 12.9. The van der Waals surface area contributed by atoms with Crippen LogP contribution in [0.4, 0.5) is 5.69 Å². The van der Waals surface area contributed by atoms with Crippen molar-refractivity contribution < 1.29 is 9.90 Å². The number of aryl methyl sites for hydroxylation is 2. The molecule has 1 N–H and O–H groups in total. The molecule has 0 aliphatic carbocycles. The molecular weight excluding hydrogens is 360 g/mol. The summed E-state index contributed by atoms with van der Waals surface area (Å²) in [7, 11) is 0. The number of hydrogen-bond acceptors (Lipinski definition) is 2. The number of carboxylic acids is 1. The number of aliphatic imine (C=N–C) groups is 1. The Hall–Kier alpha value is -2.85. The Morgan fingerprint density at radius 3 is 2.52 bits per heavy atom. The van der Waals surface area contributed by atoms with Crippen LogP contribution in [0.15, 0.2) is 47.5 Å². The van der Waals surface area contributed by atoms with Gasteiger partial charge in [-0.2, -0.15) is 0 Å². The smallest absolute Gasteiger partial charge is 0.335 e. The fourth-order valence-electron chi connectivity index (χ4n) is 3.20. The molecule has 3 rings (SSSR count). The first-order chi connectivity index (χ1) is 12.8. The Morgan fingerprint density at radius 1 is 1.11 bits per heavy atom. The maximum atomic E-state index is 11.2. The average molecular weight is 381 g/mol. The molecule has 0 saturated carbocycles. The van der Waals surface area contributed by atoms with Gasteiger partial charge in [-0.1, -0.05) is 17.7 Å². The second kappa shape index (κ2) is 7.41. The Kier molecular flexibility index (Phi) is 5.19. The van der Waals surface area contributed by atoms with E-state index in [-0.39, 0.29) is 5.56 Å². The van der Waals surface area contributed by atoms with Crippen molar-refractivity contribution in [1.29, 1.82) is 0 Å². The van der Waals surface area contributed by atoms with Crippen molar-refractivity contribution in [2.24, 2.45) is 4.99 Å². The van der Waals surface area contributed by atoms with Gasteiger partial charge in [0.2, 0.25) is 0 Å². The lowest BCUT2D eigenvalue weighted by Crippen LogP contribution is -2.04. The van der Waals surface area contributed by atoms with E-state index in [1.807, 2.05) is 58.2 Å². The number of rotatable bonds is 4. The zero-order valence-electron chi connectivity index (χ0n) is 15.7. The van der Waals surface area contributed by atoms with Crippen molar-refractivity contribution in [1.82, 2.24) is 4.57 Å². The molecule has 0 spiro atoms. The van der Waals surface area contributed by atoms with Crippen molar-refractivity contribution in [2.75, 3.05) is 0 Å². The molecule has 0 bridgehead atoms. The van der Waals surface area contributed by atoms with E-state index in [4.69, 9.17) is 11.6 Å². The molecule has 0 aliphatic rings. The van der Waals surface area contributed by atoms with Gasteiger partial charge in [-0.05, 0) is 75.2 Å². The topological polar surface area (TPSA) is 54.6 Å². The van der Waals surface area contributed by atoms with Crippen LogP contribution in [0.3, 0.4) is 0 Å². The lowest BCUT2D eigenvalue weighted by atomic mass is 10.1. The first-order valence-electron chi connectivity index (χ1n) is 8.62. The van der Waals surface area contributed by atoms with E-state index < -0.39 is 5.97 Å². The lowest BCUT2D eigenvalue weighted by molar-refractivity contribution is 0.0697. The first kappa shape index (κ1) is 18.9. The minimum absolute atomic E-state index is 0.289. The van der Waals surface area contributed by atoms with Crippen molar-refractivity contribution in [3.8, 4) is 5.69 Å². The van der Waals surface area contributed by atoms with E-state index in [0.29, 0.717) is 5.02 Å². The number of benzene rings is 2. The SMILES string of the molecule is Cc1cc(C(=O)O)ccc1-n1c(C)cc(C=Nc2cccc(Cl)c2C)c1C. The molecule has 0 atom stereocenters. The molecule has 4 nitrogen and oxygen atoms in total. The second-order valence-corrected chi connectivity index (χ2v) is 7.02. The number of aromatic carboxylic acids is 1. The summed E-state index contributed by atoms with van der Waals surface area (Å²) in [4.78, 5) is 15.8. The monoisotopic (exact) mass is 380 g/mol. The molecule has 0 unspecified atom stereocenters. The highest BCUT2D eigenvalue weighted by Crippen LogP contribution is 2.27. The van der Waals surface area contributed by atoms with Gasteiger partial charge >= 0.3 is 5.97 Å². The molecule has 0 amide bonds. The highest BCUT2D eigenvalue weighted by Gasteiger charge is 2.13. The third-order valence-electron chi connectivity index (χ3n) is 4.74. The minimum Gasteiger partial charge on any atom is -0.478 e. The average Bonchev–Trinajstić information content (AvgIpc) is 2.90. The lowest BCUT2D eigenvalue weighted by Gasteiger charge is -2.13. The van der Waals surface area contributed by atoms with Gasteiger partial charge in [-0.3, -0.25) is 4.99 Å². The summed E-state index contributed by atoms with van der Waals surface area (Å²) in [5.74, 6) is -0.921. The van der Waals surface area contributed by atoms with Crippen molar-refractivity contribution in [2.45, 2.75) is 27.7 Å². The zero-order valence-corrected chi connectivity index (χ0v) is 16.5. The van der Waals surface area contributed by atoms with Gasteiger partial charge < -0.3 is 9.67 Å². The van der Waals surface area contributed by atoms with Crippen LogP contribution < -0.4 is 0 Å². The fraction of sp³-hybridized carbons (Fsp3) is 0.182. The maximum Gasteiger partial charge on any atom is 0.335 e. The Labute approximate surface area is 163 Å². The number of halogens is 1. The van der Waals surface area contributed by atoms with Gasteiger partial charge in [0.05, 0.1) is 11.3 Å². The number of carbonyl (C=O) groups is 1. The van der Waals surface area contributed by atoms with Crippen LogP contribution in [0.25, 0.3) is 5.69 Å². The molecule has 0 radical (unpaired) electrons. The second-order valence-electron chi connectivity index (χ2n) is 6.61. The van der Waals surface area contributed by atoms with Gasteiger partial charge in [0, 0.05) is 33.9 Å². The van der Waals surface area contributed by atoms with Gasteiger partial charge in [0.15, 0.2) is 0 Å². The van der Waals surface area contributed by atoms with E-state index in [9.17, 15) is 9.90 Å². The van der Waals surface area contributed by atoms with Gasteiger partial charge in [0.25, 0.3) is 0 Å². The highest BCUT2D eigenvalue weighted by atomic mass is 35.5. The summed E-state index contributed by atoms with van der Waals surface area (Å²) in [5, 5.41) is 9.87. The standard InChI is InChI=1S/C22H21ClN2O2/c1-13-10-17(22(26)27)8-9-21(13)25-14(2)11-18(16(25)4)12-24-20-7-5-6-19(23)15(20)3/h5-12H,1-4H3,(H,26,27). The number of aromatic nitrogens is 1. The van der Waals surface area contributed by atoms with E-state index in [0.717, 1.165) is 39.5 Å². The summed E-state index contributed by atoms with van der Waals surface area (Å²) in [5.41, 5.74) is 7.06. The van der Waals surface area contributed by atoms with E-state index in [2.05, 4.69) is 15.6 Å². The normalized spacial score (nSPS) is 11.3. The zero-order chi connectivity index (χ0) is 19.7. The van der Waals surface area contributed by atoms with E-state index >= 15 is 0 Å². The van der Waals surface area contributed by atoms with Crippen LogP contribution in [0, 0.1) is 27.7 Å². The molecule has 27 heavy (non-hydrogen) atoms. The molecule has 5 heteroatoms.